The fourth-order valence-electron chi connectivity index (χ4n) is 7.81. The van der Waals surface area contributed by atoms with Crippen molar-refractivity contribution in [1.29, 1.82) is 0 Å². The van der Waals surface area contributed by atoms with E-state index in [1.54, 1.807) is 26.0 Å². The van der Waals surface area contributed by atoms with E-state index in [1.165, 1.54) is 0 Å². The number of hydrogen-bond donors (Lipinski definition) is 0. The molecule has 0 radical (unpaired) electrons. The molecule has 0 amide bonds. The summed E-state index contributed by atoms with van der Waals surface area (Å²) >= 11 is 0. The second-order valence-corrected chi connectivity index (χ2v) is 15.8. The molecule has 2 atom stereocenters. The van der Waals surface area contributed by atoms with Crippen molar-refractivity contribution in [1.82, 2.24) is 0 Å². The fraction of sp³-hybridized carbons (Fsp3) is 0.300. The van der Waals surface area contributed by atoms with Gasteiger partial charge in [-0.05, 0) is 120 Å². The van der Waals surface area contributed by atoms with Crippen LogP contribution < -0.4 is 0 Å². The SMILES string of the molecule is CC1=Cc2c(ccc(C)c2-c2cc(C(F)(F)F)cc(C(F)(F)F)c2)C1C[SiH2]CC1C(C)=Cc2c1ccc(C)c2-c1cc(C(F)(F)F)cc(C(F)(F)F)c1. The molecule has 0 fully saturated rings. The second-order valence-electron chi connectivity index (χ2n) is 13.9. The van der Waals surface area contributed by atoms with Gasteiger partial charge in [-0.25, -0.2) is 0 Å². The summed E-state index contributed by atoms with van der Waals surface area (Å²) in [6, 6.07) is 11.7. The molecule has 0 saturated heterocycles. The van der Waals surface area contributed by atoms with E-state index in [1.807, 2.05) is 38.1 Å². The van der Waals surface area contributed by atoms with E-state index in [-0.39, 0.29) is 35.1 Å². The molecule has 53 heavy (non-hydrogen) atoms. The molecule has 0 heterocycles. The average Bonchev–Trinajstić information content (AvgIpc) is 3.53. The normalized spacial score (nSPS) is 17.7. The van der Waals surface area contributed by atoms with E-state index in [2.05, 4.69) is 0 Å². The number of fused-ring (bicyclic) bond motifs is 2. The summed E-state index contributed by atoms with van der Waals surface area (Å²) in [6.07, 6.45) is -16.3. The number of hydrogen-bond acceptors (Lipinski definition) is 0. The Hall–Kier alpha value is -4.26. The fourth-order valence-corrected chi connectivity index (χ4v) is 10.4. The summed E-state index contributed by atoms with van der Waals surface area (Å²) in [6.45, 7) is 7.03. The molecule has 2 unspecified atom stereocenters. The van der Waals surface area contributed by atoms with Gasteiger partial charge in [0.15, 0.2) is 0 Å². The van der Waals surface area contributed by atoms with Gasteiger partial charge in [0.1, 0.15) is 0 Å². The van der Waals surface area contributed by atoms with Gasteiger partial charge >= 0.3 is 24.7 Å². The first-order valence-corrected chi connectivity index (χ1v) is 18.7. The molecule has 2 aliphatic carbocycles. The highest BCUT2D eigenvalue weighted by molar-refractivity contribution is 6.36. The van der Waals surface area contributed by atoms with E-state index >= 15 is 0 Å². The van der Waals surface area contributed by atoms with E-state index in [4.69, 9.17) is 0 Å². The molecule has 0 aliphatic heterocycles. The lowest BCUT2D eigenvalue weighted by molar-refractivity contribution is -0.144. The van der Waals surface area contributed by atoms with Crippen molar-refractivity contribution in [2.75, 3.05) is 0 Å². The molecule has 4 aromatic carbocycles. The van der Waals surface area contributed by atoms with E-state index in [0.29, 0.717) is 45.5 Å². The Labute approximate surface area is 300 Å². The minimum absolute atomic E-state index is 0.110. The van der Waals surface area contributed by atoms with Crippen LogP contribution in [0.4, 0.5) is 52.7 Å². The molecule has 0 bridgehead atoms. The molecule has 0 saturated carbocycles. The molecular formula is C40H32F12Si. The van der Waals surface area contributed by atoms with Crippen LogP contribution in [0, 0.1) is 13.8 Å². The number of aryl methyl sites for hydroxylation is 2. The van der Waals surface area contributed by atoms with Crippen molar-refractivity contribution in [3.8, 4) is 22.3 Å². The highest BCUT2D eigenvalue weighted by Gasteiger charge is 2.39. The van der Waals surface area contributed by atoms with Crippen molar-refractivity contribution in [3.63, 3.8) is 0 Å². The van der Waals surface area contributed by atoms with Gasteiger partial charge in [-0.2, -0.15) is 52.7 Å². The summed E-state index contributed by atoms with van der Waals surface area (Å²) in [5.74, 6) is -0.234. The van der Waals surface area contributed by atoms with Crippen LogP contribution in [0.1, 0.15) is 81.3 Å². The molecule has 2 aliphatic rings. The summed E-state index contributed by atoms with van der Waals surface area (Å²) < 4.78 is 165. The smallest absolute Gasteiger partial charge is 0.166 e. The molecule has 0 spiro atoms. The van der Waals surface area contributed by atoms with Crippen LogP contribution in [0.2, 0.25) is 12.1 Å². The van der Waals surface area contributed by atoms with E-state index < -0.39 is 56.5 Å². The van der Waals surface area contributed by atoms with Gasteiger partial charge in [0.05, 0.1) is 22.3 Å². The maximum absolute atomic E-state index is 13.7. The number of alkyl halides is 12. The Kier molecular flexibility index (Phi) is 9.61. The third-order valence-corrected chi connectivity index (χ3v) is 12.3. The first-order valence-electron chi connectivity index (χ1n) is 16.7. The van der Waals surface area contributed by atoms with Crippen LogP contribution in [-0.4, -0.2) is 9.52 Å². The Morgan fingerprint density at radius 3 is 1.04 bits per heavy atom. The van der Waals surface area contributed by atoms with Crippen LogP contribution in [0.5, 0.6) is 0 Å². The highest BCUT2D eigenvalue weighted by Crippen LogP contribution is 2.49. The Morgan fingerprint density at radius 2 is 0.755 bits per heavy atom. The Bertz CT molecular complexity index is 1940. The van der Waals surface area contributed by atoms with Gasteiger partial charge in [0, 0.05) is 21.4 Å². The van der Waals surface area contributed by atoms with Crippen molar-refractivity contribution >= 4 is 21.7 Å². The largest absolute Gasteiger partial charge is 0.416 e. The van der Waals surface area contributed by atoms with Gasteiger partial charge in [0.2, 0.25) is 0 Å². The number of benzene rings is 4. The lowest BCUT2D eigenvalue weighted by atomic mass is 9.88. The lowest BCUT2D eigenvalue weighted by Gasteiger charge is -2.21. The molecule has 0 nitrogen and oxygen atoms in total. The second kappa shape index (κ2) is 13.2. The molecule has 4 aromatic rings. The van der Waals surface area contributed by atoms with E-state index in [9.17, 15) is 52.7 Å². The monoisotopic (exact) mass is 768 g/mol. The number of rotatable bonds is 6. The van der Waals surface area contributed by atoms with Gasteiger partial charge in [-0.15, -0.1) is 0 Å². The first-order chi connectivity index (χ1) is 24.4. The van der Waals surface area contributed by atoms with Gasteiger partial charge < -0.3 is 0 Å². The standard InChI is InChI=1S/C40H32F12Si/c1-19-5-7-29-31(35(19)23-11-25(37(41,42)43)15-26(12-23)38(44,45)46)9-21(3)33(29)17-53-18-34-22(4)10-32-30(34)8-6-20(2)36(32)24-13-27(39(47,48)49)16-28(14-24)40(50,51)52/h5-16,33-34H,17-18,53H2,1-4H3. The predicted molar refractivity (Wildman–Crippen MR) is 184 cm³/mol. The number of allylic oxidation sites excluding steroid dienone is 2. The molecule has 6 rings (SSSR count). The minimum atomic E-state index is -4.99. The Balaban J connectivity index is 1.30. The Morgan fingerprint density at radius 1 is 0.453 bits per heavy atom. The molecular weight excluding hydrogens is 737 g/mol. The van der Waals surface area contributed by atoms with Crippen LogP contribution in [0.25, 0.3) is 34.4 Å². The topological polar surface area (TPSA) is 0 Å². The van der Waals surface area contributed by atoms with Gasteiger partial charge in [-0.3, -0.25) is 0 Å². The molecule has 0 aromatic heterocycles. The van der Waals surface area contributed by atoms with Crippen LogP contribution >= 0.6 is 0 Å². The summed E-state index contributed by atoms with van der Waals surface area (Å²) in [4.78, 5) is 0. The zero-order chi connectivity index (χ0) is 39.0. The van der Waals surface area contributed by atoms with Crippen molar-refractivity contribution in [2.24, 2.45) is 0 Å². The van der Waals surface area contributed by atoms with Crippen LogP contribution in [0.15, 0.2) is 71.8 Å². The van der Waals surface area contributed by atoms with E-state index in [0.717, 1.165) is 46.5 Å². The maximum Gasteiger partial charge on any atom is 0.416 e. The third kappa shape index (κ3) is 7.45. The molecule has 0 N–H and O–H groups in total. The average molecular weight is 769 g/mol. The third-order valence-electron chi connectivity index (χ3n) is 10.3. The zero-order valence-corrected chi connectivity index (χ0v) is 30.2. The summed E-state index contributed by atoms with van der Waals surface area (Å²) in [7, 11) is -0.937. The molecule has 280 valence electrons. The maximum atomic E-state index is 13.7. The van der Waals surface area contributed by atoms with Crippen molar-refractivity contribution in [3.05, 3.63) is 127 Å². The minimum Gasteiger partial charge on any atom is -0.166 e. The summed E-state index contributed by atoms with van der Waals surface area (Å²) in [5.41, 5.74) is 0.336. The number of halogens is 12. The lowest BCUT2D eigenvalue weighted by Crippen LogP contribution is -2.11. The van der Waals surface area contributed by atoms with Gasteiger partial charge in [0.25, 0.3) is 0 Å². The summed E-state index contributed by atoms with van der Waals surface area (Å²) in [5, 5.41) is 0. The first kappa shape index (κ1) is 38.5. The van der Waals surface area contributed by atoms with Crippen molar-refractivity contribution in [2.45, 2.75) is 76.3 Å². The van der Waals surface area contributed by atoms with Crippen LogP contribution in [0.3, 0.4) is 0 Å². The van der Waals surface area contributed by atoms with Gasteiger partial charge in [-0.1, -0.05) is 59.7 Å². The van der Waals surface area contributed by atoms with Crippen LogP contribution in [-0.2, 0) is 24.7 Å². The predicted octanol–water partition coefficient (Wildman–Crippen LogP) is 13.4. The quantitative estimate of drug-likeness (QED) is 0.135. The highest BCUT2D eigenvalue weighted by atomic mass is 28.2. The molecule has 13 heteroatoms. The van der Waals surface area contributed by atoms with Crippen molar-refractivity contribution < 1.29 is 52.7 Å². The zero-order valence-electron chi connectivity index (χ0n) is 28.7.